The number of anilines is 1. The van der Waals surface area contributed by atoms with Gasteiger partial charge in [-0.25, -0.2) is 0 Å². The standard InChI is InChI=1S/C23H28N6O4S/c1-30-18-12-16(13-19(14-18)31-2)24-23(34)28-9-7-17(8-10-28)29-26-22(25-27-29)15-5-6-20(32-3)21(11-15)33-4/h5-6,11-14,17H,7-10H2,1-4H3,(H,24,34). The molecule has 1 N–H and O–H groups in total. The van der Waals surface area contributed by atoms with E-state index < -0.39 is 0 Å². The largest absolute Gasteiger partial charge is 0.497 e. The second kappa shape index (κ2) is 10.6. The molecule has 2 aromatic carbocycles. The van der Waals surface area contributed by atoms with Crippen LogP contribution in [0.25, 0.3) is 11.4 Å². The Morgan fingerprint density at radius 1 is 0.912 bits per heavy atom. The van der Waals surface area contributed by atoms with Gasteiger partial charge in [-0.05, 0) is 48.5 Å². The summed E-state index contributed by atoms with van der Waals surface area (Å²) in [7, 11) is 6.45. The van der Waals surface area contributed by atoms with Crippen LogP contribution in [0.3, 0.4) is 0 Å². The van der Waals surface area contributed by atoms with Gasteiger partial charge in [-0.3, -0.25) is 0 Å². The van der Waals surface area contributed by atoms with Crippen LogP contribution >= 0.6 is 12.2 Å². The summed E-state index contributed by atoms with van der Waals surface area (Å²) in [5.74, 6) is 3.23. The first-order valence-electron chi connectivity index (χ1n) is 10.9. The molecule has 180 valence electrons. The van der Waals surface area contributed by atoms with E-state index in [9.17, 15) is 0 Å². The predicted molar refractivity (Wildman–Crippen MR) is 132 cm³/mol. The van der Waals surface area contributed by atoms with E-state index in [2.05, 4.69) is 25.6 Å². The molecular formula is C23H28N6O4S. The van der Waals surface area contributed by atoms with Crippen LogP contribution in [-0.4, -0.2) is 71.7 Å². The van der Waals surface area contributed by atoms with Crippen LogP contribution in [0.5, 0.6) is 23.0 Å². The van der Waals surface area contributed by atoms with E-state index in [4.69, 9.17) is 31.2 Å². The van der Waals surface area contributed by atoms with Crippen LogP contribution in [0.15, 0.2) is 36.4 Å². The number of nitrogens with one attached hydrogen (secondary N) is 1. The topological polar surface area (TPSA) is 95.8 Å². The second-order valence-corrected chi connectivity index (χ2v) is 8.14. The smallest absolute Gasteiger partial charge is 0.205 e. The molecular weight excluding hydrogens is 456 g/mol. The number of hydrogen-bond acceptors (Lipinski definition) is 8. The molecule has 2 heterocycles. The van der Waals surface area contributed by atoms with Crippen molar-refractivity contribution < 1.29 is 18.9 Å². The van der Waals surface area contributed by atoms with E-state index in [0.717, 1.165) is 37.2 Å². The van der Waals surface area contributed by atoms with Crippen molar-refractivity contribution in [3.8, 4) is 34.4 Å². The van der Waals surface area contributed by atoms with Crippen molar-refractivity contribution in [3.05, 3.63) is 36.4 Å². The van der Waals surface area contributed by atoms with Crippen molar-refractivity contribution in [1.29, 1.82) is 0 Å². The third kappa shape index (κ3) is 5.14. The Bertz CT molecular complexity index is 1120. The normalized spacial score (nSPS) is 13.9. The monoisotopic (exact) mass is 484 g/mol. The number of nitrogens with zero attached hydrogens (tertiary/aromatic N) is 5. The summed E-state index contributed by atoms with van der Waals surface area (Å²) in [5, 5.41) is 17.1. The molecule has 1 fully saturated rings. The molecule has 34 heavy (non-hydrogen) atoms. The van der Waals surface area contributed by atoms with Crippen molar-refractivity contribution in [1.82, 2.24) is 25.1 Å². The van der Waals surface area contributed by atoms with Crippen molar-refractivity contribution >= 4 is 23.0 Å². The molecule has 0 aliphatic carbocycles. The summed E-state index contributed by atoms with van der Waals surface area (Å²) in [6.07, 6.45) is 1.70. The molecule has 1 saturated heterocycles. The van der Waals surface area contributed by atoms with Crippen LogP contribution < -0.4 is 24.3 Å². The maximum Gasteiger partial charge on any atom is 0.205 e. The Morgan fingerprint density at radius 2 is 1.59 bits per heavy atom. The minimum atomic E-state index is 0.150. The lowest BCUT2D eigenvalue weighted by Crippen LogP contribution is -2.41. The molecule has 0 radical (unpaired) electrons. The number of piperidine rings is 1. The number of aromatic nitrogens is 4. The first kappa shape index (κ1) is 23.6. The molecule has 0 bridgehead atoms. The van der Waals surface area contributed by atoms with Crippen molar-refractivity contribution in [3.63, 3.8) is 0 Å². The zero-order valence-electron chi connectivity index (χ0n) is 19.6. The van der Waals surface area contributed by atoms with Gasteiger partial charge in [0.15, 0.2) is 16.6 Å². The van der Waals surface area contributed by atoms with Gasteiger partial charge in [0, 0.05) is 42.5 Å². The molecule has 10 nitrogen and oxygen atoms in total. The maximum absolute atomic E-state index is 5.64. The predicted octanol–water partition coefficient (Wildman–Crippen LogP) is 3.41. The third-order valence-corrected chi connectivity index (χ3v) is 6.11. The Hall–Kier alpha value is -3.60. The summed E-state index contributed by atoms with van der Waals surface area (Å²) in [6, 6.07) is 11.3. The zero-order chi connectivity index (χ0) is 24.1. The molecule has 0 saturated carbocycles. The average molecular weight is 485 g/mol. The number of hydrogen-bond donors (Lipinski definition) is 1. The summed E-state index contributed by atoms with van der Waals surface area (Å²) in [5.41, 5.74) is 1.64. The van der Waals surface area contributed by atoms with Crippen LogP contribution in [0.1, 0.15) is 18.9 Å². The highest BCUT2D eigenvalue weighted by molar-refractivity contribution is 7.80. The zero-order valence-corrected chi connectivity index (χ0v) is 20.5. The molecule has 1 aliphatic rings. The fourth-order valence-corrected chi connectivity index (χ4v) is 4.15. The van der Waals surface area contributed by atoms with E-state index in [1.165, 1.54) is 0 Å². The summed E-state index contributed by atoms with van der Waals surface area (Å²) >= 11 is 5.64. The van der Waals surface area contributed by atoms with Gasteiger partial charge < -0.3 is 29.2 Å². The van der Waals surface area contributed by atoms with Crippen molar-refractivity contribution in [2.45, 2.75) is 18.9 Å². The fourth-order valence-electron chi connectivity index (χ4n) is 3.85. The highest BCUT2D eigenvalue weighted by Crippen LogP contribution is 2.31. The molecule has 0 spiro atoms. The van der Waals surface area contributed by atoms with Gasteiger partial charge in [0.1, 0.15) is 11.5 Å². The number of likely N-dealkylation sites (tertiary alicyclic amines) is 1. The van der Waals surface area contributed by atoms with Crippen LogP contribution in [0.2, 0.25) is 0 Å². The minimum Gasteiger partial charge on any atom is -0.497 e. The van der Waals surface area contributed by atoms with Gasteiger partial charge in [0.05, 0.1) is 34.5 Å². The highest BCUT2D eigenvalue weighted by Gasteiger charge is 2.24. The maximum atomic E-state index is 5.64. The summed E-state index contributed by atoms with van der Waals surface area (Å²) < 4.78 is 21.3. The minimum absolute atomic E-state index is 0.150. The first-order valence-corrected chi connectivity index (χ1v) is 11.3. The molecule has 0 atom stereocenters. The van der Waals surface area contributed by atoms with E-state index in [-0.39, 0.29) is 6.04 Å². The van der Waals surface area contributed by atoms with Crippen LogP contribution in [-0.2, 0) is 0 Å². The van der Waals surface area contributed by atoms with Crippen molar-refractivity contribution in [2.24, 2.45) is 0 Å². The van der Waals surface area contributed by atoms with Gasteiger partial charge >= 0.3 is 0 Å². The Morgan fingerprint density at radius 3 is 2.21 bits per heavy atom. The van der Waals surface area contributed by atoms with E-state index in [1.807, 2.05) is 36.4 Å². The SMILES string of the molecule is COc1cc(NC(=S)N2CCC(n3nnc(-c4ccc(OC)c(OC)c4)n3)CC2)cc(OC)c1. The third-order valence-electron chi connectivity index (χ3n) is 5.75. The molecule has 3 aromatic rings. The van der Waals surface area contributed by atoms with Crippen LogP contribution in [0, 0.1) is 0 Å². The van der Waals surface area contributed by atoms with Crippen LogP contribution in [0.4, 0.5) is 5.69 Å². The van der Waals surface area contributed by atoms with Gasteiger partial charge in [-0.1, -0.05) is 0 Å². The van der Waals surface area contributed by atoms with E-state index >= 15 is 0 Å². The molecule has 0 unspecified atom stereocenters. The number of tetrazole rings is 1. The fraction of sp³-hybridized carbons (Fsp3) is 0.391. The van der Waals surface area contributed by atoms with Gasteiger partial charge in [-0.2, -0.15) is 4.80 Å². The quantitative estimate of drug-likeness (QED) is 0.503. The summed E-state index contributed by atoms with van der Waals surface area (Å²) in [6.45, 7) is 1.57. The number of rotatable bonds is 7. The van der Waals surface area contributed by atoms with Gasteiger partial charge in [-0.15, -0.1) is 10.2 Å². The average Bonchev–Trinajstić information content (AvgIpc) is 3.38. The number of ether oxygens (including phenoxy) is 4. The number of methoxy groups -OCH3 is 4. The number of benzene rings is 2. The van der Waals surface area contributed by atoms with E-state index in [1.54, 1.807) is 33.2 Å². The summed E-state index contributed by atoms with van der Waals surface area (Å²) in [4.78, 5) is 3.84. The molecule has 4 rings (SSSR count). The lowest BCUT2D eigenvalue weighted by atomic mass is 10.1. The van der Waals surface area contributed by atoms with E-state index in [0.29, 0.717) is 33.9 Å². The Labute approximate surface area is 203 Å². The first-order chi connectivity index (χ1) is 16.5. The Kier molecular flexibility index (Phi) is 7.31. The van der Waals surface area contributed by atoms with Crippen molar-refractivity contribution in [2.75, 3.05) is 46.8 Å². The molecule has 1 aromatic heterocycles. The van der Waals surface area contributed by atoms with Gasteiger partial charge in [0.2, 0.25) is 5.82 Å². The molecule has 0 amide bonds. The molecule has 1 aliphatic heterocycles. The highest BCUT2D eigenvalue weighted by atomic mass is 32.1. The lowest BCUT2D eigenvalue weighted by molar-refractivity contribution is 0.238. The van der Waals surface area contributed by atoms with Gasteiger partial charge in [0.25, 0.3) is 0 Å². The Balaban J connectivity index is 1.37. The second-order valence-electron chi connectivity index (χ2n) is 7.75. The number of thiocarbonyl (C=S) groups is 1. The molecule has 11 heteroatoms. The lowest BCUT2D eigenvalue weighted by Gasteiger charge is -2.33.